The summed E-state index contributed by atoms with van der Waals surface area (Å²) in [5, 5.41) is 12.9. The van der Waals surface area contributed by atoms with E-state index in [1.165, 1.54) is 5.56 Å². The van der Waals surface area contributed by atoms with Gasteiger partial charge in [-0.2, -0.15) is 5.10 Å². The second kappa shape index (κ2) is 6.92. The maximum atomic E-state index is 12.4. The van der Waals surface area contributed by atoms with Crippen LogP contribution in [0.5, 0.6) is 0 Å². The number of para-hydroxylation sites is 1. The number of nitrogens with zero attached hydrogens (tertiary/aromatic N) is 5. The number of esters is 1. The van der Waals surface area contributed by atoms with Crippen LogP contribution in [-0.4, -0.2) is 30.7 Å². The largest absolute Gasteiger partial charge is 0.459 e. The van der Waals surface area contributed by atoms with Gasteiger partial charge in [0.15, 0.2) is 0 Å². The summed E-state index contributed by atoms with van der Waals surface area (Å²) in [6.07, 6.45) is 5.89. The summed E-state index contributed by atoms with van der Waals surface area (Å²) in [5.74, 6) is -0.347. The minimum Gasteiger partial charge on any atom is -0.459 e. The Bertz CT molecular complexity index is 949. The molecule has 0 bridgehead atoms. The van der Waals surface area contributed by atoms with Crippen LogP contribution in [-0.2, 0) is 36.0 Å². The Morgan fingerprint density at radius 3 is 3.08 bits per heavy atom. The standard InChI is InChI=1S/C18H18ClN5O2/c1-23-17-8-12(6-7-13(17)9-20-23)18(25)26-11-14-10-24(22-21-14)16-5-3-2-4-15(16)19/h2-5,9-10,12H,6-8,11H2,1H3. The Kier molecular flexibility index (Phi) is 4.46. The molecule has 2 aromatic heterocycles. The fourth-order valence-corrected chi connectivity index (χ4v) is 3.45. The minimum atomic E-state index is -0.204. The van der Waals surface area contributed by atoms with Crippen LogP contribution in [0.15, 0.2) is 36.7 Å². The molecule has 1 atom stereocenters. The topological polar surface area (TPSA) is 74.8 Å². The fraction of sp³-hybridized carbons (Fsp3) is 0.333. The molecule has 1 unspecified atom stereocenters. The first-order chi connectivity index (χ1) is 12.6. The van der Waals surface area contributed by atoms with E-state index in [0.717, 1.165) is 24.2 Å². The summed E-state index contributed by atoms with van der Waals surface area (Å²) in [6.45, 7) is 0.0953. The van der Waals surface area contributed by atoms with Gasteiger partial charge in [-0.3, -0.25) is 9.48 Å². The molecule has 8 heteroatoms. The zero-order valence-corrected chi connectivity index (χ0v) is 15.1. The van der Waals surface area contributed by atoms with Gasteiger partial charge in [0.05, 0.1) is 29.0 Å². The number of ether oxygens (including phenoxy) is 1. The van der Waals surface area contributed by atoms with Gasteiger partial charge in [0, 0.05) is 19.2 Å². The number of carbonyl (C=O) groups is 1. The van der Waals surface area contributed by atoms with E-state index in [-0.39, 0.29) is 18.5 Å². The molecule has 0 N–H and O–H groups in total. The molecule has 3 aromatic rings. The summed E-state index contributed by atoms with van der Waals surface area (Å²) in [4.78, 5) is 12.4. The zero-order valence-electron chi connectivity index (χ0n) is 14.3. The van der Waals surface area contributed by atoms with Crippen molar-refractivity contribution in [3.05, 3.63) is 58.6 Å². The van der Waals surface area contributed by atoms with E-state index in [4.69, 9.17) is 16.3 Å². The average Bonchev–Trinajstić information content (AvgIpc) is 3.27. The lowest BCUT2D eigenvalue weighted by atomic mass is 9.88. The molecule has 1 aliphatic carbocycles. The van der Waals surface area contributed by atoms with Crippen molar-refractivity contribution < 1.29 is 9.53 Å². The molecule has 0 spiro atoms. The minimum absolute atomic E-state index is 0.0953. The third-order valence-corrected chi connectivity index (χ3v) is 5.01. The number of hydrogen-bond donors (Lipinski definition) is 0. The first kappa shape index (κ1) is 16.8. The van der Waals surface area contributed by atoms with Gasteiger partial charge in [-0.1, -0.05) is 28.9 Å². The van der Waals surface area contributed by atoms with Crippen LogP contribution in [0.4, 0.5) is 0 Å². The number of aryl methyl sites for hydroxylation is 2. The maximum Gasteiger partial charge on any atom is 0.309 e. The van der Waals surface area contributed by atoms with Crippen molar-refractivity contribution in [3.8, 4) is 5.69 Å². The lowest BCUT2D eigenvalue weighted by Crippen LogP contribution is -2.25. The van der Waals surface area contributed by atoms with Gasteiger partial charge in [-0.15, -0.1) is 5.10 Å². The molecule has 1 aromatic carbocycles. The summed E-state index contributed by atoms with van der Waals surface area (Å²) in [5.41, 5.74) is 3.65. The molecule has 0 fully saturated rings. The SMILES string of the molecule is Cn1ncc2c1CC(C(=O)OCc1cn(-c3ccccc3Cl)nn1)CC2. The second-order valence-electron chi connectivity index (χ2n) is 6.39. The quantitative estimate of drug-likeness (QED) is 0.659. The summed E-state index contributed by atoms with van der Waals surface area (Å²) in [7, 11) is 1.90. The van der Waals surface area contributed by atoms with Gasteiger partial charge < -0.3 is 4.74 Å². The number of rotatable bonds is 4. The molecule has 0 amide bonds. The van der Waals surface area contributed by atoms with Crippen LogP contribution < -0.4 is 0 Å². The molecular weight excluding hydrogens is 354 g/mol. The highest BCUT2D eigenvalue weighted by Crippen LogP contribution is 2.26. The van der Waals surface area contributed by atoms with E-state index >= 15 is 0 Å². The first-order valence-electron chi connectivity index (χ1n) is 8.44. The number of aromatic nitrogens is 5. The van der Waals surface area contributed by atoms with Crippen molar-refractivity contribution in [3.63, 3.8) is 0 Å². The third kappa shape index (κ3) is 3.22. The molecule has 7 nitrogen and oxygen atoms in total. The highest BCUT2D eigenvalue weighted by molar-refractivity contribution is 6.32. The van der Waals surface area contributed by atoms with E-state index in [1.54, 1.807) is 16.9 Å². The molecule has 2 heterocycles. The Morgan fingerprint density at radius 1 is 1.38 bits per heavy atom. The van der Waals surface area contributed by atoms with Crippen molar-refractivity contribution in [1.29, 1.82) is 0 Å². The molecule has 1 aliphatic rings. The Labute approximate surface area is 155 Å². The van der Waals surface area contributed by atoms with E-state index in [0.29, 0.717) is 17.1 Å². The van der Waals surface area contributed by atoms with Crippen LogP contribution in [0.3, 0.4) is 0 Å². The summed E-state index contributed by atoms with van der Waals surface area (Å²) >= 11 is 6.16. The van der Waals surface area contributed by atoms with Crippen LogP contribution in [0.2, 0.25) is 5.02 Å². The van der Waals surface area contributed by atoms with E-state index in [9.17, 15) is 4.79 Å². The molecule has 0 saturated heterocycles. The Morgan fingerprint density at radius 2 is 2.23 bits per heavy atom. The zero-order chi connectivity index (χ0) is 18.1. The van der Waals surface area contributed by atoms with E-state index < -0.39 is 0 Å². The monoisotopic (exact) mass is 371 g/mol. The molecular formula is C18H18ClN5O2. The lowest BCUT2D eigenvalue weighted by molar-refractivity contribution is -0.150. The van der Waals surface area contributed by atoms with Crippen molar-refractivity contribution >= 4 is 17.6 Å². The normalized spacial score (nSPS) is 16.3. The molecule has 26 heavy (non-hydrogen) atoms. The fourth-order valence-electron chi connectivity index (χ4n) is 3.23. The highest BCUT2D eigenvalue weighted by Gasteiger charge is 2.28. The predicted octanol–water partition coefficient (Wildman–Crippen LogP) is 2.50. The first-order valence-corrected chi connectivity index (χ1v) is 8.82. The highest BCUT2D eigenvalue weighted by atomic mass is 35.5. The van der Waals surface area contributed by atoms with Gasteiger partial charge in [0.25, 0.3) is 0 Å². The Balaban J connectivity index is 1.38. The van der Waals surface area contributed by atoms with Gasteiger partial charge >= 0.3 is 5.97 Å². The van der Waals surface area contributed by atoms with Crippen molar-refractivity contribution in [2.75, 3.05) is 0 Å². The van der Waals surface area contributed by atoms with Crippen molar-refractivity contribution in [2.45, 2.75) is 25.9 Å². The molecule has 0 aliphatic heterocycles. The number of benzene rings is 1. The maximum absolute atomic E-state index is 12.4. The van der Waals surface area contributed by atoms with Crippen LogP contribution in [0, 0.1) is 5.92 Å². The summed E-state index contributed by atoms with van der Waals surface area (Å²) in [6, 6.07) is 7.36. The van der Waals surface area contributed by atoms with Gasteiger partial charge in [-0.25, -0.2) is 4.68 Å². The van der Waals surface area contributed by atoms with E-state index in [1.807, 2.05) is 36.1 Å². The molecule has 0 radical (unpaired) electrons. The predicted molar refractivity (Wildman–Crippen MR) is 94.9 cm³/mol. The van der Waals surface area contributed by atoms with E-state index in [2.05, 4.69) is 15.4 Å². The third-order valence-electron chi connectivity index (χ3n) is 4.69. The number of halogens is 1. The van der Waals surface area contributed by atoms with Crippen LogP contribution in [0.1, 0.15) is 23.4 Å². The number of fused-ring (bicyclic) bond motifs is 1. The van der Waals surface area contributed by atoms with Gasteiger partial charge in [0.1, 0.15) is 12.3 Å². The van der Waals surface area contributed by atoms with Crippen LogP contribution >= 0.6 is 11.6 Å². The smallest absolute Gasteiger partial charge is 0.309 e. The van der Waals surface area contributed by atoms with Gasteiger partial charge in [-0.05, 0) is 30.5 Å². The van der Waals surface area contributed by atoms with Crippen molar-refractivity contribution in [2.24, 2.45) is 13.0 Å². The molecule has 4 rings (SSSR count). The molecule has 0 saturated carbocycles. The van der Waals surface area contributed by atoms with Crippen molar-refractivity contribution in [1.82, 2.24) is 24.8 Å². The summed E-state index contributed by atoms with van der Waals surface area (Å²) < 4.78 is 8.88. The lowest BCUT2D eigenvalue weighted by Gasteiger charge is -2.21. The number of hydrogen-bond acceptors (Lipinski definition) is 5. The van der Waals surface area contributed by atoms with Crippen LogP contribution in [0.25, 0.3) is 5.69 Å². The number of carbonyl (C=O) groups excluding carboxylic acids is 1. The van der Waals surface area contributed by atoms with Gasteiger partial charge in [0.2, 0.25) is 0 Å². The average molecular weight is 372 g/mol. The molecule has 134 valence electrons. The Hall–Kier alpha value is -2.67. The second-order valence-corrected chi connectivity index (χ2v) is 6.80.